The van der Waals surface area contributed by atoms with Crippen LogP contribution in [0.3, 0.4) is 0 Å². The van der Waals surface area contributed by atoms with Crippen molar-refractivity contribution in [3.05, 3.63) is 0 Å². The average molecular weight is 345 g/mol. The molecule has 138 valence electrons. The van der Waals surface area contributed by atoms with Gasteiger partial charge in [-0.25, -0.2) is 9.59 Å². The minimum Gasteiger partial charge on any atom is -0.467 e. The second kappa shape index (κ2) is 8.51. The highest BCUT2D eigenvalue weighted by atomic mass is 16.6. The highest BCUT2D eigenvalue weighted by molar-refractivity contribution is 5.92. The molecule has 0 aliphatic heterocycles. The van der Waals surface area contributed by atoms with Gasteiger partial charge in [0.25, 0.3) is 0 Å². The Balaban J connectivity index is 4.38. The lowest BCUT2D eigenvalue weighted by Gasteiger charge is -2.25. The van der Waals surface area contributed by atoms with Crippen LogP contribution in [0.4, 0.5) is 4.79 Å². The fourth-order valence-corrected chi connectivity index (χ4v) is 1.55. The number of alkyl carbamates (subject to hydrolysis) is 1. The molecule has 0 aromatic heterocycles. The van der Waals surface area contributed by atoms with E-state index >= 15 is 0 Å². The zero-order valence-electron chi connectivity index (χ0n) is 15.2. The van der Waals surface area contributed by atoms with Crippen LogP contribution in [-0.2, 0) is 23.9 Å². The maximum absolute atomic E-state index is 12.0. The van der Waals surface area contributed by atoms with Crippen LogP contribution in [0, 0.1) is 0 Å². The Bertz CT molecular complexity index is 496. The summed E-state index contributed by atoms with van der Waals surface area (Å²) in [5, 5.41) is 7.15. The first kappa shape index (κ1) is 21.7. The molecule has 1 unspecified atom stereocenters. The van der Waals surface area contributed by atoms with E-state index in [9.17, 15) is 19.2 Å². The molecule has 0 saturated carbocycles. The van der Waals surface area contributed by atoms with Gasteiger partial charge < -0.3 is 25.4 Å². The summed E-state index contributed by atoms with van der Waals surface area (Å²) < 4.78 is 9.56. The lowest BCUT2D eigenvalue weighted by atomic mass is 10.1. The molecule has 0 aromatic rings. The van der Waals surface area contributed by atoms with E-state index in [0.29, 0.717) is 0 Å². The van der Waals surface area contributed by atoms with E-state index in [0.717, 1.165) is 0 Å². The second-order valence-electron chi connectivity index (χ2n) is 6.75. The van der Waals surface area contributed by atoms with Crippen LogP contribution in [0.15, 0.2) is 0 Å². The summed E-state index contributed by atoms with van der Waals surface area (Å²) >= 11 is 0. The molecule has 0 bridgehead atoms. The molecule has 0 rings (SSSR count). The lowest BCUT2D eigenvalue weighted by Crippen LogP contribution is -2.56. The van der Waals surface area contributed by atoms with Crippen LogP contribution in [0.1, 0.15) is 41.5 Å². The molecule has 1 atom stereocenters. The lowest BCUT2D eigenvalue weighted by molar-refractivity contribution is -0.149. The van der Waals surface area contributed by atoms with E-state index < -0.39 is 41.1 Å². The Morgan fingerprint density at radius 3 is 2.04 bits per heavy atom. The number of amides is 3. The van der Waals surface area contributed by atoms with Gasteiger partial charge in [-0.15, -0.1) is 0 Å². The molecule has 9 heteroatoms. The van der Waals surface area contributed by atoms with Gasteiger partial charge >= 0.3 is 12.1 Å². The summed E-state index contributed by atoms with van der Waals surface area (Å²) in [7, 11) is 1.21. The summed E-state index contributed by atoms with van der Waals surface area (Å²) in [4.78, 5) is 46.7. The molecule has 9 nitrogen and oxygen atoms in total. The van der Waals surface area contributed by atoms with E-state index in [1.54, 1.807) is 20.8 Å². The quantitative estimate of drug-likeness (QED) is 0.586. The van der Waals surface area contributed by atoms with Crippen molar-refractivity contribution in [3.63, 3.8) is 0 Å². The first-order chi connectivity index (χ1) is 10.8. The van der Waals surface area contributed by atoms with Gasteiger partial charge in [0.1, 0.15) is 23.7 Å². The van der Waals surface area contributed by atoms with E-state index in [-0.39, 0.29) is 6.54 Å². The fraction of sp³-hybridized carbons (Fsp3) is 0.733. The highest BCUT2D eigenvalue weighted by Gasteiger charge is 2.32. The zero-order valence-corrected chi connectivity index (χ0v) is 15.2. The molecule has 0 saturated heterocycles. The number of hydrogen-bond donors (Lipinski definition) is 3. The van der Waals surface area contributed by atoms with Crippen molar-refractivity contribution in [2.75, 3.05) is 13.7 Å². The van der Waals surface area contributed by atoms with E-state index in [4.69, 9.17) is 4.74 Å². The first-order valence-electron chi connectivity index (χ1n) is 7.45. The molecule has 0 fully saturated rings. The molecule has 0 radical (unpaired) electrons. The maximum Gasteiger partial charge on any atom is 0.408 e. The number of esters is 1. The molecule has 0 spiro atoms. The largest absolute Gasteiger partial charge is 0.467 e. The van der Waals surface area contributed by atoms with Crippen LogP contribution < -0.4 is 16.0 Å². The van der Waals surface area contributed by atoms with Gasteiger partial charge in [0, 0.05) is 0 Å². The molecule has 3 N–H and O–H groups in total. The third-order valence-electron chi connectivity index (χ3n) is 2.69. The summed E-state index contributed by atoms with van der Waals surface area (Å²) in [5.41, 5.74) is -1.90. The molecular formula is C15H27N3O6. The predicted molar refractivity (Wildman–Crippen MR) is 86.1 cm³/mol. The van der Waals surface area contributed by atoms with Gasteiger partial charge in [-0.05, 0) is 41.5 Å². The smallest absolute Gasteiger partial charge is 0.408 e. The summed E-state index contributed by atoms with van der Waals surface area (Å²) in [6.45, 7) is 9.16. The number of ether oxygens (including phenoxy) is 2. The minimum absolute atomic E-state index is 0.340. The Labute approximate surface area is 141 Å². The Morgan fingerprint density at radius 1 is 1.04 bits per heavy atom. The van der Waals surface area contributed by atoms with Gasteiger partial charge in [-0.1, -0.05) is 0 Å². The minimum atomic E-state index is -1.22. The topological polar surface area (TPSA) is 123 Å². The van der Waals surface area contributed by atoms with E-state index in [1.807, 2.05) is 0 Å². The van der Waals surface area contributed by atoms with Crippen molar-refractivity contribution in [3.8, 4) is 0 Å². The number of hydrogen-bond acceptors (Lipinski definition) is 6. The van der Waals surface area contributed by atoms with Crippen molar-refractivity contribution in [1.29, 1.82) is 0 Å². The molecule has 0 aliphatic carbocycles. The summed E-state index contributed by atoms with van der Waals surface area (Å²) in [6.07, 6.45) is -0.735. The van der Waals surface area contributed by atoms with E-state index in [2.05, 4.69) is 20.7 Å². The predicted octanol–water partition coefficient (Wildman–Crippen LogP) is 0.0836. The van der Waals surface area contributed by atoms with Crippen LogP contribution >= 0.6 is 0 Å². The third-order valence-corrected chi connectivity index (χ3v) is 2.69. The fourth-order valence-electron chi connectivity index (χ4n) is 1.55. The van der Waals surface area contributed by atoms with E-state index in [1.165, 1.54) is 27.9 Å². The van der Waals surface area contributed by atoms with Crippen LogP contribution in [-0.4, -0.2) is 54.7 Å². The third kappa shape index (κ3) is 8.35. The highest BCUT2D eigenvalue weighted by Crippen LogP contribution is 2.06. The van der Waals surface area contributed by atoms with Gasteiger partial charge in [0.2, 0.25) is 11.8 Å². The van der Waals surface area contributed by atoms with Gasteiger partial charge in [-0.3, -0.25) is 9.59 Å². The van der Waals surface area contributed by atoms with Crippen molar-refractivity contribution in [2.24, 2.45) is 0 Å². The Hall–Kier alpha value is -2.32. The summed E-state index contributed by atoms with van der Waals surface area (Å²) in [5.74, 6) is -1.74. The van der Waals surface area contributed by atoms with Crippen LogP contribution in [0.25, 0.3) is 0 Å². The van der Waals surface area contributed by atoms with Gasteiger partial charge in [0.15, 0.2) is 0 Å². The molecular weight excluding hydrogens is 318 g/mol. The maximum atomic E-state index is 12.0. The number of carbonyl (C=O) groups excluding carboxylic acids is 4. The normalized spacial score (nSPS) is 12.6. The van der Waals surface area contributed by atoms with Crippen molar-refractivity contribution in [1.82, 2.24) is 16.0 Å². The number of nitrogens with one attached hydrogen (secondary N) is 3. The van der Waals surface area contributed by atoms with Gasteiger partial charge in [-0.2, -0.15) is 0 Å². The number of rotatable bonds is 6. The zero-order chi connectivity index (χ0) is 19.1. The monoisotopic (exact) mass is 345 g/mol. The summed E-state index contributed by atoms with van der Waals surface area (Å²) in [6, 6.07) is -0.901. The Morgan fingerprint density at radius 2 is 1.58 bits per heavy atom. The van der Waals surface area contributed by atoms with Crippen molar-refractivity contribution >= 4 is 23.9 Å². The molecule has 24 heavy (non-hydrogen) atoms. The van der Waals surface area contributed by atoms with Crippen LogP contribution in [0.5, 0.6) is 0 Å². The SMILES string of the molecule is COC(=O)C(C)(C)NC(=O)C(C)NC(=O)CNC(=O)OC(C)(C)C. The molecule has 0 aliphatic rings. The van der Waals surface area contributed by atoms with Crippen LogP contribution in [0.2, 0.25) is 0 Å². The number of carbonyl (C=O) groups is 4. The average Bonchev–Trinajstić information content (AvgIpc) is 2.41. The molecule has 0 heterocycles. The first-order valence-corrected chi connectivity index (χ1v) is 7.45. The Kier molecular flexibility index (Phi) is 7.69. The van der Waals surface area contributed by atoms with Crippen molar-refractivity contribution in [2.45, 2.75) is 58.7 Å². The second-order valence-corrected chi connectivity index (χ2v) is 6.75. The number of methoxy groups -OCH3 is 1. The van der Waals surface area contributed by atoms with Gasteiger partial charge in [0.05, 0.1) is 7.11 Å². The molecule has 0 aromatic carbocycles. The molecule has 3 amide bonds. The van der Waals surface area contributed by atoms with Crippen molar-refractivity contribution < 1.29 is 28.7 Å². The standard InChI is InChI=1S/C15H27N3O6/c1-9(11(20)18-15(5,6)12(21)23-7)17-10(19)8-16-13(22)24-14(2,3)4/h9H,8H2,1-7H3,(H,16,22)(H,17,19)(H,18,20).